The molecular weight excluding hydrogens is 552 g/mol. The van der Waals surface area contributed by atoms with Gasteiger partial charge in [0.15, 0.2) is 11.6 Å². The van der Waals surface area contributed by atoms with Crippen molar-refractivity contribution in [3.63, 3.8) is 0 Å². The molecule has 4 rings (SSSR count). The van der Waals surface area contributed by atoms with E-state index >= 15 is 0 Å². The standard InChI is InChI=1S/C22H22F4N6O6S/c23-16-2-1-12(5-19(16)38-22(24,25)26)9-32-4-3-17(31-32)20(34)15-8-28-11-29-21(15)30-14-6-13(18(33)7-14)10-37-39(27,35)36/h1-5,8,11,13-14,18,33H,6-7,9-10H2,(H2,27,35,36)(H,28,29,30)/t13-,14-,18+/m1/s1. The highest BCUT2D eigenvalue weighted by Gasteiger charge is 2.35. The zero-order valence-electron chi connectivity index (χ0n) is 19.9. The van der Waals surface area contributed by atoms with E-state index in [9.17, 15) is 35.9 Å². The van der Waals surface area contributed by atoms with Crippen LogP contribution in [0.2, 0.25) is 0 Å². The van der Waals surface area contributed by atoms with Crippen molar-refractivity contribution in [1.82, 2.24) is 19.7 Å². The third-order valence-electron chi connectivity index (χ3n) is 5.84. The summed E-state index contributed by atoms with van der Waals surface area (Å²) in [7, 11) is -4.16. The van der Waals surface area contributed by atoms with Gasteiger partial charge in [-0.1, -0.05) is 6.07 Å². The van der Waals surface area contributed by atoms with Gasteiger partial charge in [0.1, 0.15) is 17.8 Å². The number of aliphatic hydroxyl groups excluding tert-OH is 1. The first-order valence-electron chi connectivity index (χ1n) is 11.3. The Balaban J connectivity index is 1.44. The van der Waals surface area contributed by atoms with Gasteiger partial charge in [-0.3, -0.25) is 13.7 Å². The highest BCUT2D eigenvalue weighted by atomic mass is 32.2. The second-order valence-corrected chi connectivity index (χ2v) is 9.96. The molecular formula is C22H22F4N6O6S. The van der Waals surface area contributed by atoms with Crippen LogP contribution in [0.3, 0.4) is 0 Å². The number of carbonyl (C=O) groups excluding carboxylic acids is 1. The summed E-state index contributed by atoms with van der Waals surface area (Å²) in [6.45, 7) is -0.386. The lowest BCUT2D eigenvalue weighted by Gasteiger charge is -2.15. The van der Waals surface area contributed by atoms with E-state index in [1.54, 1.807) is 0 Å². The molecule has 0 radical (unpaired) electrons. The van der Waals surface area contributed by atoms with Crippen molar-refractivity contribution in [2.75, 3.05) is 11.9 Å². The summed E-state index contributed by atoms with van der Waals surface area (Å²) in [6.07, 6.45) is -1.52. The van der Waals surface area contributed by atoms with Gasteiger partial charge in [-0.15, -0.1) is 13.2 Å². The van der Waals surface area contributed by atoms with Crippen LogP contribution in [-0.2, 0) is 21.0 Å². The van der Waals surface area contributed by atoms with E-state index in [1.807, 2.05) is 0 Å². The molecule has 3 atom stereocenters. The van der Waals surface area contributed by atoms with E-state index in [0.717, 1.165) is 12.1 Å². The molecule has 1 aliphatic carbocycles. The van der Waals surface area contributed by atoms with Gasteiger partial charge in [-0.05, 0) is 36.6 Å². The zero-order valence-corrected chi connectivity index (χ0v) is 20.7. The lowest BCUT2D eigenvalue weighted by Crippen LogP contribution is -2.24. The number of alkyl halides is 3. The lowest BCUT2D eigenvalue weighted by molar-refractivity contribution is -0.275. The van der Waals surface area contributed by atoms with Crippen molar-refractivity contribution in [2.24, 2.45) is 11.1 Å². The number of rotatable bonds is 10. The van der Waals surface area contributed by atoms with Gasteiger partial charge in [0, 0.05) is 24.4 Å². The Labute approximate surface area is 219 Å². The maximum absolute atomic E-state index is 13.7. The first-order chi connectivity index (χ1) is 18.3. The number of aromatic nitrogens is 4. The van der Waals surface area contributed by atoms with Crippen molar-refractivity contribution >= 4 is 21.9 Å². The van der Waals surface area contributed by atoms with E-state index in [0.29, 0.717) is 6.42 Å². The minimum atomic E-state index is -5.06. The van der Waals surface area contributed by atoms with Gasteiger partial charge < -0.3 is 15.2 Å². The Hall–Kier alpha value is -3.67. The molecule has 1 saturated carbocycles. The minimum absolute atomic E-state index is 0.0207. The number of nitrogens with zero attached hydrogens (tertiary/aromatic N) is 4. The fourth-order valence-corrected chi connectivity index (χ4v) is 4.50. The molecule has 4 N–H and O–H groups in total. The quantitative estimate of drug-likeness (QED) is 0.239. The van der Waals surface area contributed by atoms with Crippen LogP contribution in [0.4, 0.5) is 23.4 Å². The summed E-state index contributed by atoms with van der Waals surface area (Å²) in [6, 6.07) is 3.98. The predicted molar refractivity (Wildman–Crippen MR) is 125 cm³/mol. The number of ether oxygens (including phenoxy) is 1. The average molecular weight is 575 g/mol. The van der Waals surface area contributed by atoms with Crippen molar-refractivity contribution < 1.29 is 44.8 Å². The predicted octanol–water partition coefficient (Wildman–Crippen LogP) is 1.76. The van der Waals surface area contributed by atoms with Crippen molar-refractivity contribution in [3.05, 3.63) is 65.6 Å². The van der Waals surface area contributed by atoms with E-state index in [4.69, 9.17) is 5.14 Å². The highest BCUT2D eigenvalue weighted by Crippen LogP contribution is 2.30. The SMILES string of the molecule is NS(=O)(=O)OC[C@H]1C[C@@H](Nc2ncncc2C(=O)c2ccn(Cc3ccc(F)c(OC(F)(F)F)c3)n2)C[C@@H]1O. The highest BCUT2D eigenvalue weighted by molar-refractivity contribution is 7.84. The van der Waals surface area contributed by atoms with E-state index in [2.05, 4.69) is 29.3 Å². The van der Waals surface area contributed by atoms with Gasteiger partial charge in [-0.25, -0.2) is 19.5 Å². The summed E-state index contributed by atoms with van der Waals surface area (Å²) in [5.74, 6) is -3.11. The topological polar surface area (TPSA) is 172 Å². The molecule has 2 heterocycles. The summed E-state index contributed by atoms with van der Waals surface area (Å²) in [4.78, 5) is 21.1. The molecule has 0 spiro atoms. The van der Waals surface area contributed by atoms with Crippen molar-refractivity contribution in [3.8, 4) is 5.75 Å². The average Bonchev–Trinajstić information content (AvgIpc) is 3.44. The molecule has 1 aliphatic rings. The van der Waals surface area contributed by atoms with Crippen LogP contribution < -0.4 is 15.2 Å². The molecule has 0 unspecified atom stereocenters. The molecule has 39 heavy (non-hydrogen) atoms. The van der Waals surface area contributed by atoms with E-state index < -0.39 is 46.0 Å². The number of halogens is 4. The van der Waals surface area contributed by atoms with Crippen LogP contribution in [0.1, 0.15) is 34.5 Å². The molecule has 1 fully saturated rings. The van der Waals surface area contributed by atoms with Gasteiger partial charge in [0.25, 0.3) is 0 Å². The van der Waals surface area contributed by atoms with Gasteiger partial charge >= 0.3 is 16.7 Å². The summed E-state index contributed by atoms with van der Waals surface area (Å²) < 4.78 is 82.8. The van der Waals surface area contributed by atoms with Gasteiger partial charge in [0.05, 0.1) is 24.8 Å². The maximum Gasteiger partial charge on any atom is 0.573 e. The number of hydrogen-bond donors (Lipinski definition) is 3. The Kier molecular flexibility index (Phi) is 8.15. The molecule has 0 bridgehead atoms. The minimum Gasteiger partial charge on any atom is -0.403 e. The smallest absolute Gasteiger partial charge is 0.403 e. The van der Waals surface area contributed by atoms with Crippen LogP contribution in [0.5, 0.6) is 5.75 Å². The van der Waals surface area contributed by atoms with Crippen molar-refractivity contribution in [2.45, 2.75) is 37.9 Å². The number of hydrogen-bond acceptors (Lipinski definition) is 10. The molecule has 210 valence electrons. The monoisotopic (exact) mass is 574 g/mol. The molecule has 0 aliphatic heterocycles. The molecule has 12 nitrogen and oxygen atoms in total. The molecule has 0 amide bonds. The fourth-order valence-electron chi connectivity index (χ4n) is 4.13. The first kappa shape index (κ1) is 28.3. The second-order valence-electron chi connectivity index (χ2n) is 8.74. The summed E-state index contributed by atoms with van der Waals surface area (Å²) in [5, 5.41) is 22.3. The molecule has 17 heteroatoms. The largest absolute Gasteiger partial charge is 0.573 e. The second kappa shape index (κ2) is 11.2. The molecule has 0 saturated heterocycles. The summed E-state index contributed by atoms with van der Waals surface area (Å²) in [5.41, 5.74) is 0.278. The Morgan fingerprint density at radius 3 is 2.74 bits per heavy atom. The summed E-state index contributed by atoms with van der Waals surface area (Å²) >= 11 is 0. The number of benzene rings is 1. The zero-order chi connectivity index (χ0) is 28.4. The first-order valence-corrected chi connectivity index (χ1v) is 12.8. The van der Waals surface area contributed by atoms with Gasteiger partial charge in [0.2, 0.25) is 5.78 Å². The molecule has 3 aromatic rings. The number of nitrogens with two attached hydrogens (primary N) is 1. The van der Waals surface area contributed by atoms with E-state index in [-0.39, 0.29) is 48.3 Å². The van der Waals surface area contributed by atoms with E-state index in [1.165, 1.54) is 35.5 Å². The lowest BCUT2D eigenvalue weighted by atomic mass is 10.1. The van der Waals surface area contributed by atoms with Gasteiger partial charge in [-0.2, -0.15) is 13.5 Å². The number of nitrogens with one attached hydrogen (secondary N) is 1. The number of carbonyl (C=O) groups is 1. The Bertz CT molecular complexity index is 1450. The fraction of sp³-hybridized carbons (Fsp3) is 0.364. The van der Waals surface area contributed by atoms with Crippen LogP contribution >= 0.6 is 0 Å². The Morgan fingerprint density at radius 2 is 2.03 bits per heavy atom. The molecule has 2 aromatic heterocycles. The van der Waals surface area contributed by atoms with Crippen LogP contribution in [-0.4, -0.2) is 64.2 Å². The number of aliphatic hydroxyl groups is 1. The number of anilines is 1. The normalized spacial score (nSPS) is 19.7. The van der Waals surface area contributed by atoms with Crippen LogP contribution in [0, 0.1) is 11.7 Å². The van der Waals surface area contributed by atoms with Crippen LogP contribution in [0.25, 0.3) is 0 Å². The maximum atomic E-state index is 13.7. The third kappa shape index (κ3) is 7.69. The molecule has 1 aromatic carbocycles. The third-order valence-corrected chi connectivity index (χ3v) is 6.31. The Morgan fingerprint density at radius 1 is 1.26 bits per heavy atom. The number of ketones is 1. The van der Waals surface area contributed by atoms with Crippen LogP contribution in [0.15, 0.2) is 43.0 Å². The van der Waals surface area contributed by atoms with Crippen molar-refractivity contribution in [1.29, 1.82) is 0 Å².